The molecule has 94 valence electrons. The van der Waals surface area contributed by atoms with Crippen LogP contribution in [0.4, 0.5) is 0 Å². The van der Waals surface area contributed by atoms with E-state index in [2.05, 4.69) is 18.7 Å². The zero-order chi connectivity index (χ0) is 11.5. The molecule has 0 bridgehead atoms. The first-order chi connectivity index (χ1) is 7.70. The van der Waals surface area contributed by atoms with Gasteiger partial charge in [-0.15, -0.1) is 0 Å². The third-order valence-electron chi connectivity index (χ3n) is 4.97. The third-order valence-corrected chi connectivity index (χ3v) is 4.97. The lowest BCUT2D eigenvalue weighted by atomic mass is 9.80. The molecule has 0 aromatic heterocycles. The van der Waals surface area contributed by atoms with Crippen LogP contribution in [0.25, 0.3) is 0 Å². The van der Waals surface area contributed by atoms with Crippen LogP contribution in [0, 0.1) is 17.8 Å². The molecule has 1 saturated heterocycles. The minimum absolute atomic E-state index is 0.734. The van der Waals surface area contributed by atoms with Crippen molar-refractivity contribution in [2.75, 3.05) is 19.6 Å². The molecule has 3 unspecified atom stereocenters. The number of rotatable bonds is 4. The Kier molecular flexibility index (Phi) is 4.26. The fourth-order valence-electron chi connectivity index (χ4n) is 3.24. The van der Waals surface area contributed by atoms with E-state index in [0.29, 0.717) is 0 Å². The topological polar surface area (TPSA) is 29.3 Å². The predicted molar refractivity (Wildman–Crippen MR) is 69.3 cm³/mol. The molecule has 1 heterocycles. The Morgan fingerprint density at radius 2 is 2.06 bits per heavy atom. The molecule has 1 aliphatic heterocycles. The average Bonchev–Trinajstić information content (AvgIpc) is 2.24. The number of piperidine rings is 1. The SMILES string of the molecule is CC1CCN(C(C)CC2CCC2)CC1CN. The standard InChI is InChI=1S/C14H28N2/c1-11-6-7-16(10-14(11)9-15)12(2)8-13-4-3-5-13/h11-14H,3-10,15H2,1-2H3. The van der Waals surface area contributed by atoms with Gasteiger partial charge in [-0.2, -0.15) is 0 Å². The molecule has 0 aromatic carbocycles. The van der Waals surface area contributed by atoms with Crippen LogP contribution in [0.15, 0.2) is 0 Å². The molecular formula is C14H28N2. The summed E-state index contributed by atoms with van der Waals surface area (Å²) in [7, 11) is 0. The summed E-state index contributed by atoms with van der Waals surface area (Å²) in [5, 5.41) is 0. The minimum Gasteiger partial charge on any atom is -0.330 e. The van der Waals surface area contributed by atoms with Crippen LogP contribution in [0.5, 0.6) is 0 Å². The van der Waals surface area contributed by atoms with Gasteiger partial charge in [-0.1, -0.05) is 26.2 Å². The second-order valence-electron chi connectivity index (χ2n) is 6.14. The van der Waals surface area contributed by atoms with Gasteiger partial charge in [-0.25, -0.2) is 0 Å². The Morgan fingerprint density at radius 3 is 2.62 bits per heavy atom. The van der Waals surface area contributed by atoms with Gasteiger partial charge in [0.05, 0.1) is 0 Å². The predicted octanol–water partition coefficient (Wildman–Crippen LogP) is 2.48. The van der Waals surface area contributed by atoms with E-state index in [1.807, 2.05) is 0 Å². The summed E-state index contributed by atoms with van der Waals surface area (Å²) >= 11 is 0. The quantitative estimate of drug-likeness (QED) is 0.795. The zero-order valence-corrected chi connectivity index (χ0v) is 11.0. The molecule has 16 heavy (non-hydrogen) atoms. The van der Waals surface area contributed by atoms with Crippen molar-refractivity contribution in [2.24, 2.45) is 23.5 Å². The van der Waals surface area contributed by atoms with E-state index in [1.54, 1.807) is 0 Å². The highest BCUT2D eigenvalue weighted by atomic mass is 15.2. The van der Waals surface area contributed by atoms with Gasteiger partial charge in [0.15, 0.2) is 0 Å². The zero-order valence-electron chi connectivity index (χ0n) is 11.0. The molecule has 2 aliphatic rings. The Hall–Kier alpha value is -0.0800. The normalized spacial score (nSPS) is 34.7. The number of nitrogens with zero attached hydrogens (tertiary/aromatic N) is 1. The highest BCUT2D eigenvalue weighted by Gasteiger charge is 2.29. The first kappa shape index (κ1) is 12.4. The lowest BCUT2D eigenvalue weighted by Gasteiger charge is -2.41. The number of likely N-dealkylation sites (tertiary alicyclic amines) is 1. The summed E-state index contributed by atoms with van der Waals surface area (Å²) < 4.78 is 0. The van der Waals surface area contributed by atoms with Gasteiger partial charge < -0.3 is 10.6 Å². The van der Waals surface area contributed by atoms with Crippen LogP contribution in [-0.4, -0.2) is 30.6 Å². The summed E-state index contributed by atoms with van der Waals surface area (Å²) in [6.45, 7) is 8.19. The van der Waals surface area contributed by atoms with E-state index in [-0.39, 0.29) is 0 Å². The molecule has 0 spiro atoms. The summed E-state index contributed by atoms with van der Waals surface area (Å²) in [6.07, 6.45) is 7.20. The third kappa shape index (κ3) is 2.78. The van der Waals surface area contributed by atoms with Crippen LogP contribution in [0.2, 0.25) is 0 Å². The lowest BCUT2D eigenvalue weighted by molar-refractivity contribution is 0.0779. The number of hydrogen-bond donors (Lipinski definition) is 1. The van der Waals surface area contributed by atoms with Gasteiger partial charge >= 0.3 is 0 Å². The lowest BCUT2D eigenvalue weighted by Crippen LogP contribution is -2.47. The molecule has 2 rings (SSSR count). The van der Waals surface area contributed by atoms with Gasteiger partial charge in [-0.05, 0) is 50.6 Å². The average molecular weight is 224 g/mol. The van der Waals surface area contributed by atoms with Crippen LogP contribution in [-0.2, 0) is 0 Å². The van der Waals surface area contributed by atoms with Crippen LogP contribution in [0.1, 0.15) is 46.0 Å². The van der Waals surface area contributed by atoms with Gasteiger partial charge in [0.25, 0.3) is 0 Å². The van der Waals surface area contributed by atoms with Crippen LogP contribution >= 0.6 is 0 Å². The summed E-state index contributed by atoms with van der Waals surface area (Å²) in [5.41, 5.74) is 5.87. The monoisotopic (exact) mass is 224 g/mol. The maximum atomic E-state index is 5.87. The fourth-order valence-corrected chi connectivity index (χ4v) is 3.24. The largest absolute Gasteiger partial charge is 0.330 e. The highest BCUT2D eigenvalue weighted by molar-refractivity contribution is 4.83. The van der Waals surface area contributed by atoms with Crippen molar-refractivity contribution < 1.29 is 0 Å². The van der Waals surface area contributed by atoms with Crippen LogP contribution in [0.3, 0.4) is 0 Å². The van der Waals surface area contributed by atoms with Gasteiger partial charge in [0.1, 0.15) is 0 Å². The summed E-state index contributed by atoms with van der Waals surface area (Å²) in [6, 6.07) is 0.784. The molecule has 1 aliphatic carbocycles. The fraction of sp³-hybridized carbons (Fsp3) is 1.00. The summed E-state index contributed by atoms with van der Waals surface area (Å²) in [4.78, 5) is 2.69. The first-order valence-corrected chi connectivity index (χ1v) is 7.14. The van der Waals surface area contributed by atoms with Crippen molar-refractivity contribution in [3.05, 3.63) is 0 Å². The van der Waals surface area contributed by atoms with E-state index in [4.69, 9.17) is 5.73 Å². The Labute approximate surface area is 101 Å². The maximum Gasteiger partial charge on any atom is 0.00696 e. The van der Waals surface area contributed by atoms with E-state index >= 15 is 0 Å². The molecule has 1 saturated carbocycles. The Bertz CT molecular complexity index is 213. The van der Waals surface area contributed by atoms with Crippen molar-refractivity contribution >= 4 is 0 Å². The molecule has 0 aromatic rings. The number of hydrogen-bond acceptors (Lipinski definition) is 2. The van der Waals surface area contributed by atoms with Crippen molar-refractivity contribution in [3.8, 4) is 0 Å². The second kappa shape index (κ2) is 5.50. The second-order valence-corrected chi connectivity index (χ2v) is 6.14. The van der Waals surface area contributed by atoms with Crippen molar-refractivity contribution in [1.29, 1.82) is 0 Å². The van der Waals surface area contributed by atoms with Crippen molar-refractivity contribution in [2.45, 2.75) is 52.0 Å². The molecular weight excluding hydrogens is 196 g/mol. The van der Waals surface area contributed by atoms with E-state index in [1.165, 1.54) is 45.2 Å². The van der Waals surface area contributed by atoms with Gasteiger partial charge in [0, 0.05) is 12.6 Å². The van der Waals surface area contributed by atoms with Crippen molar-refractivity contribution in [1.82, 2.24) is 4.90 Å². The van der Waals surface area contributed by atoms with E-state index in [9.17, 15) is 0 Å². The summed E-state index contributed by atoms with van der Waals surface area (Å²) in [5.74, 6) is 2.60. The Balaban J connectivity index is 1.79. The molecule has 0 radical (unpaired) electrons. The maximum absolute atomic E-state index is 5.87. The van der Waals surface area contributed by atoms with Gasteiger partial charge in [-0.3, -0.25) is 0 Å². The smallest absolute Gasteiger partial charge is 0.00696 e. The highest BCUT2D eigenvalue weighted by Crippen LogP contribution is 2.33. The Morgan fingerprint density at radius 1 is 1.31 bits per heavy atom. The number of nitrogens with two attached hydrogens (primary N) is 1. The van der Waals surface area contributed by atoms with Crippen molar-refractivity contribution in [3.63, 3.8) is 0 Å². The molecule has 3 atom stereocenters. The van der Waals surface area contributed by atoms with Gasteiger partial charge in [0.2, 0.25) is 0 Å². The molecule has 2 N–H and O–H groups in total. The minimum atomic E-state index is 0.734. The molecule has 2 heteroatoms. The molecule has 2 nitrogen and oxygen atoms in total. The molecule has 2 fully saturated rings. The first-order valence-electron chi connectivity index (χ1n) is 7.14. The van der Waals surface area contributed by atoms with E-state index < -0.39 is 0 Å². The van der Waals surface area contributed by atoms with Crippen LogP contribution < -0.4 is 5.73 Å². The van der Waals surface area contributed by atoms with E-state index in [0.717, 1.165) is 30.3 Å². The molecule has 0 amide bonds.